The molecule has 1 fully saturated rings. The lowest BCUT2D eigenvalue weighted by atomic mass is 10.1. The summed E-state index contributed by atoms with van der Waals surface area (Å²) < 4.78 is 41.8. The first-order valence-electron chi connectivity index (χ1n) is 8.99. The number of hydrogen-bond acceptors (Lipinski definition) is 4. The van der Waals surface area contributed by atoms with Crippen LogP contribution in [-0.2, 0) is 23.1 Å². The number of nitrogens with one attached hydrogen (secondary N) is 1. The van der Waals surface area contributed by atoms with Gasteiger partial charge in [0.2, 0.25) is 10.0 Å². The molecule has 1 atom stereocenters. The Morgan fingerprint density at radius 3 is 2.69 bits per heavy atom. The zero-order valence-corrected chi connectivity index (χ0v) is 15.3. The number of benzene rings is 1. The van der Waals surface area contributed by atoms with E-state index in [1.807, 2.05) is 10.7 Å². The normalized spacial score (nSPS) is 20.9. The molecule has 2 aromatic rings. The van der Waals surface area contributed by atoms with Crippen molar-refractivity contribution in [2.45, 2.75) is 43.6 Å². The quantitative estimate of drug-likeness (QED) is 0.801. The SMILES string of the molecule is O=S(=O)(NCC[C@@H]1CN(Cc2ccc(F)cc2)Cc2ccnn21)C1CC1. The topological polar surface area (TPSA) is 67.2 Å². The van der Waals surface area contributed by atoms with Gasteiger partial charge in [0.05, 0.1) is 17.0 Å². The molecular formula is C18H23FN4O2S. The third-order valence-corrected chi connectivity index (χ3v) is 6.97. The summed E-state index contributed by atoms with van der Waals surface area (Å²) in [6.07, 6.45) is 4.03. The molecule has 0 radical (unpaired) electrons. The van der Waals surface area contributed by atoms with E-state index in [-0.39, 0.29) is 17.1 Å². The van der Waals surface area contributed by atoms with Crippen LogP contribution in [0.4, 0.5) is 4.39 Å². The molecule has 2 heterocycles. The first kappa shape index (κ1) is 17.6. The van der Waals surface area contributed by atoms with Crippen LogP contribution in [0, 0.1) is 5.82 Å². The lowest BCUT2D eigenvalue weighted by molar-refractivity contribution is 0.162. The van der Waals surface area contributed by atoms with Gasteiger partial charge in [0, 0.05) is 32.4 Å². The minimum atomic E-state index is -3.15. The van der Waals surface area contributed by atoms with Crippen molar-refractivity contribution in [3.8, 4) is 0 Å². The molecule has 2 aliphatic rings. The molecule has 1 aromatic heterocycles. The molecule has 0 saturated heterocycles. The molecule has 1 aliphatic heterocycles. The molecule has 26 heavy (non-hydrogen) atoms. The van der Waals surface area contributed by atoms with E-state index in [0.717, 1.165) is 43.7 Å². The van der Waals surface area contributed by atoms with Gasteiger partial charge in [0.25, 0.3) is 0 Å². The highest BCUT2D eigenvalue weighted by Crippen LogP contribution is 2.28. The summed E-state index contributed by atoms with van der Waals surface area (Å²) in [5.74, 6) is -0.230. The Morgan fingerprint density at radius 2 is 1.96 bits per heavy atom. The van der Waals surface area contributed by atoms with E-state index >= 15 is 0 Å². The zero-order valence-electron chi connectivity index (χ0n) is 14.5. The second kappa shape index (κ2) is 7.09. The molecule has 1 aliphatic carbocycles. The fourth-order valence-corrected chi connectivity index (χ4v) is 4.91. The smallest absolute Gasteiger partial charge is 0.214 e. The number of fused-ring (bicyclic) bond motifs is 1. The second-order valence-corrected chi connectivity index (χ2v) is 9.19. The Morgan fingerprint density at radius 1 is 1.19 bits per heavy atom. The van der Waals surface area contributed by atoms with Gasteiger partial charge in [-0.25, -0.2) is 17.5 Å². The summed E-state index contributed by atoms with van der Waals surface area (Å²) in [6, 6.07) is 8.69. The molecule has 1 N–H and O–H groups in total. The third-order valence-electron chi connectivity index (χ3n) is 5.02. The van der Waals surface area contributed by atoms with Crippen LogP contribution in [0.5, 0.6) is 0 Å². The summed E-state index contributed by atoms with van der Waals surface area (Å²) in [7, 11) is -3.15. The number of halogens is 1. The Bertz CT molecular complexity index is 862. The number of hydrogen-bond donors (Lipinski definition) is 1. The number of nitrogens with zero attached hydrogens (tertiary/aromatic N) is 3. The van der Waals surface area contributed by atoms with Crippen LogP contribution >= 0.6 is 0 Å². The van der Waals surface area contributed by atoms with Crippen molar-refractivity contribution >= 4 is 10.0 Å². The monoisotopic (exact) mass is 378 g/mol. The third kappa shape index (κ3) is 3.97. The van der Waals surface area contributed by atoms with Crippen LogP contribution < -0.4 is 4.72 Å². The van der Waals surface area contributed by atoms with Crippen LogP contribution in [0.25, 0.3) is 0 Å². The highest BCUT2D eigenvalue weighted by molar-refractivity contribution is 7.90. The highest BCUT2D eigenvalue weighted by Gasteiger charge is 2.35. The summed E-state index contributed by atoms with van der Waals surface area (Å²) in [5, 5.41) is 4.23. The van der Waals surface area contributed by atoms with Crippen molar-refractivity contribution in [3.05, 3.63) is 53.6 Å². The minimum Gasteiger partial charge on any atom is -0.291 e. The fourth-order valence-electron chi connectivity index (χ4n) is 3.51. The summed E-state index contributed by atoms with van der Waals surface area (Å²) >= 11 is 0. The van der Waals surface area contributed by atoms with Crippen LogP contribution in [-0.4, -0.2) is 41.4 Å². The largest absolute Gasteiger partial charge is 0.291 e. The molecule has 1 saturated carbocycles. The zero-order chi connectivity index (χ0) is 18.1. The lowest BCUT2D eigenvalue weighted by Crippen LogP contribution is -2.39. The average Bonchev–Trinajstić information content (AvgIpc) is 3.37. The van der Waals surface area contributed by atoms with E-state index in [1.54, 1.807) is 18.3 Å². The number of rotatable bonds is 7. The van der Waals surface area contributed by atoms with Gasteiger partial charge in [0.15, 0.2) is 0 Å². The maximum Gasteiger partial charge on any atom is 0.214 e. The van der Waals surface area contributed by atoms with Gasteiger partial charge in [-0.15, -0.1) is 0 Å². The van der Waals surface area contributed by atoms with E-state index in [9.17, 15) is 12.8 Å². The van der Waals surface area contributed by atoms with Crippen LogP contribution in [0.1, 0.15) is 36.6 Å². The van der Waals surface area contributed by atoms with Gasteiger partial charge in [-0.3, -0.25) is 9.58 Å². The molecule has 0 bridgehead atoms. The molecule has 0 amide bonds. The molecule has 8 heteroatoms. The van der Waals surface area contributed by atoms with E-state index in [0.29, 0.717) is 13.0 Å². The first-order chi connectivity index (χ1) is 12.5. The lowest BCUT2D eigenvalue weighted by Gasteiger charge is -2.34. The van der Waals surface area contributed by atoms with Gasteiger partial charge in [-0.05, 0) is 43.0 Å². The molecule has 0 unspecified atom stereocenters. The van der Waals surface area contributed by atoms with Gasteiger partial charge in [0.1, 0.15) is 5.82 Å². The summed E-state index contributed by atoms with van der Waals surface area (Å²) in [6.45, 7) is 2.72. The number of sulfonamides is 1. The molecule has 0 spiro atoms. The predicted molar refractivity (Wildman–Crippen MR) is 96.3 cm³/mol. The van der Waals surface area contributed by atoms with Crippen molar-refractivity contribution in [2.24, 2.45) is 0 Å². The fraction of sp³-hybridized carbons (Fsp3) is 0.500. The molecular weight excluding hydrogens is 355 g/mol. The van der Waals surface area contributed by atoms with Crippen LogP contribution in [0.2, 0.25) is 0 Å². The Labute approximate surface area is 153 Å². The predicted octanol–water partition coefficient (Wildman–Crippen LogP) is 2.05. The highest BCUT2D eigenvalue weighted by atomic mass is 32.2. The van der Waals surface area contributed by atoms with Crippen molar-refractivity contribution < 1.29 is 12.8 Å². The Kier molecular flexibility index (Phi) is 4.81. The average molecular weight is 378 g/mol. The molecule has 1 aromatic carbocycles. The molecule has 4 rings (SSSR count). The molecule has 6 nitrogen and oxygen atoms in total. The van der Waals surface area contributed by atoms with Gasteiger partial charge in [-0.2, -0.15) is 5.10 Å². The minimum absolute atomic E-state index is 0.121. The Balaban J connectivity index is 1.40. The van der Waals surface area contributed by atoms with Crippen LogP contribution in [0.3, 0.4) is 0 Å². The van der Waals surface area contributed by atoms with E-state index in [4.69, 9.17) is 0 Å². The van der Waals surface area contributed by atoms with Gasteiger partial charge in [-0.1, -0.05) is 12.1 Å². The van der Waals surface area contributed by atoms with Crippen molar-refractivity contribution in [1.82, 2.24) is 19.4 Å². The molecule has 140 valence electrons. The van der Waals surface area contributed by atoms with Gasteiger partial charge >= 0.3 is 0 Å². The van der Waals surface area contributed by atoms with E-state index in [1.165, 1.54) is 12.1 Å². The van der Waals surface area contributed by atoms with Gasteiger partial charge < -0.3 is 0 Å². The second-order valence-electron chi connectivity index (χ2n) is 7.14. The van der Waals surface area contributed by atoms with Crippen molar-refractivity contribution in [3.63, 3.8) is 0 Å². The van der Waals surface area contributed by atoms with Crippen molar-refractivity contribution in [2.75, 3.05) is 13.1 Å². The summed E-state index contributed by atoms with van der Waals surface area (Å²) in [5.41, 5.74) is 2.18. The Hall–Kier alpha value is -1.77. The summed E-state index contributed by atoms with van der Waals surface area (Å²) in [4.78, 5) is 2.30. The van der Waals surface area contributed by atoms with Crippen molar-refractivity contribution in [1.29, 1.82) is 0 Å². The maximum atomic E-state index is 13.1. The number of aromatic nitrogens is 2. The standard InChI is InChI=1S/C18H23FN4O2S/c19-15-3-1-14(2-4-15)11-22-12-16-7-9-20-23(16)17(13-22)8-10-21-26(24,25)18-5-6-18/h1-4,7,9,17-18,21H,5-6,8,10-13H2/t17-/m1/s1. The first-order valence-corrected chi connectivity index (χ1v) is 10.5. The van der Waals surface area contributed by atoms with E-state index in [2.05, 4.69) is 14.7 Å². The maximum absolute atomic E-state index is 13.1. The van der Waals surface area contributed by atoms with E-state index < -0.39 is 10.0 Å². The van der Waals surface area contributed by atoms with Crippen LogP contribution in [0.15, 0.2) is 36.5 Å².